The van der Waals surface area contributed by atoms with E-state index in [2.05, 4.69) is 33.9 Å². The van der Waals surface area contributed by atoms with Crippen LogP contribution in [-0.2, 0) is 6.42 Å². The van der Waals surface area contributed by atoms with E-state index in [1.54, 1.807) is 0 Å². The molecule has 0 unspecified atom stereocenters. The highest BCUT2D eigenvalue weighted by molar-refractivity contribution is 9.10. The van der Waals surface area contributed by atoms with Crippen molar-refractivity contribution in [3.63, 3.8) is 0 Å². The molecule has 1 aromatic heterocycles. The molecule has 0 saturated carbocycles. The number of hydrogen-bond acceptors (Lipinski definition) is 0. The number of aryl methyl sites for hydroxylation is 1. The van der Waals surface area contributed by atoms with Gasteiger partial charge in [-0.3, -0.25) is 0 Å². The fourth-order valence-corrected chi connectivity index (χ4v) is 1.96. The topological polar surface area (TPSA) is 15.8 Å². The lowest BCUT2D eigenvalue weighted by Crippen LogP contribution is -1.75. The largest absolute Gasteiger partial charge is 0.358 e. The number of fused-ring (bicyclic) bond motifs is 1. The molecule has 0 radical (unpaired) electrons. The minimum Gasteiger partial charge on any atom is -0.358 e. The van der Waals surface area contributed by atoms with E-state index in [1.165, 1.54) is 5.69 Å². The molecule has 0 aliphatic carbocycles. The quantitative estimate of drug-likeness (QED) is 0.791. The first-order valence-electron chi connectivity index (χ1n) is 4.18. The molecule has 0 bridgehead atoms. The summed E-state index contributed by atoms with van der Waals surface area (Å²) in [5.41, 5.74) is 2.32. The maximum absolute atomic E-state index is 6.13. The van der Waals surface area contributed by atoms with Gasteiger partial charge in [-0.25, -0.2) is 0 Å². The Bertz CT molecular complexity index is 447. The van der Waals surface area contributed by atoms with Crippen LogP contribution in [0.3, 0.4) is 0 Å². The molecule has 1 nitrogen and oxygen atoms in total. The van der Waals surface area contributed by atoms with Crippen LogP contribution in [0.15, 0.2) is 22.7 Å². The predicted molar refractivity (Wildman–Crippen MR) is 60.4 cm³/mol. The Labute approximate surface area is 90.2 Å². The summed E-state index contributed by atoms with van der Waals surface area (Å²) in [6.45, 7) is 2.12. The Balaban J connectivity index is 2.76. The van der Waals surface area contributed by atoms with Gasteiger partial charge in [0.05, 0.1) is 5.02 Å². The summed E-state index contributed by atoms with van der Waals surface area (Å²) in [6.07, 6.45) is 1.00. The van der Waals surface area contributed by atoms with Gasteiger partial charge in [-0.1, -0.05) is 18.5 Å². The lowest BCUT2D eigenvalue weighted by molar-refractivity contribution is 1.07. The molecule has 1 heterocycles. The smallest absolute Gasteiger partial charge is 0.0641 e. The normalized spacial score (nSPS) is 11.0. The van der Waals surface area contributed by atoms with Crippen molar-refractivity contribution in [2.75, 3.05) is 0 Å². The van der Waals surface area contributed by atoms with Gasteiger partial charge in [0.2, 0.25) is 0 Å². The number of rotatable bonds is 1. The first-order valence-corrected chi connectivity index (χ1v) is 5.35. The second-order valence-electron chi connectivity index (χ2n) is 2.97. The van der Waals surface area contributed by atoms with Crippen molar-refractivity contribution in [1.82, 2.24) is 4.98 Å². The van der Waals surface area contributed by atoms with Crippen LogP contribution in [0.2, 0.25) is 5.02 Å². The SMILES string of the molecule is CCc1cc2c(Cl)c(Br)ccc2[nH]1. The van der Waals surface area contributed by atoms with Crippen molar-refractivity contribution in [2.24, 2.45) is 0 Å². The number of nitrogens with one attached hydrogen (secondary N) is 1. The third kappa shape index (κ3) is 1.49. The van der Waals surface area contributed by atoms with E-state index in [1.807, 2.05) is 12.1 Å². The van der Waals surface area contributed by atoms with Crippen molar-refractivity contribution >= 4 is 38.4 Å². The van der Waals surface area contributed by atoms with Crippen LogP contribution in [0.25, 0.3) is 10.9 Å². The summed E-state index contributed by atoms with van der Waals surface area (Å²) >= 11 is 9.53. The van der Waals surface area contributed by atoms with Crippen LogP contribution in [0, 0.1) is 0 Å². The molecule has 68 valence electrons. The molecule has 0 aliphatic heterocycles. The first kappa shape index (κ1) is 9.10. The zero-order valence-corrected chi connectivity index (χ0v) is 9.54. The second kappa shape index (κ2) is 3.35. The van der Waals surface area contributed by atoms with Crippen molar-refractivity contribution < 1.29 is 0 Å². The fraction of sp³-hybridized carbons (Fsp3) is 0.200. The van der Waals surface area contributed by atoms with Crippen LogP contribution in [0.5, 0.6) is 0 Å². The Kier molecular flexibility index (Phi) is 2.35. The minimum absolute atomic E-state index is 0.786. The number of benzene rings is 1. The van der Waals surface area contributed by atoms with Gasteiger partial charge >= 0.3 is 0 Å². The van der Waals surface area contributed by atoms with E-state index in [4.69, 9.17) is 11.6 Å². The molecule has 1 aromatic carbocycles. The molecule has 0 amide bonds. The van der Waals surface area contributed by atoms with Gasteiger partial charge in [-0.15, -0.1) is 0 Å². The molecule has 2 aromatic rings. The first-order chi connectivity index (χ1) is 6.22. The van der Waals surface area contributed by atoms with Gasteiger partial charge in [-0.2, -0.15) is 0 Å². The average Bonchev–Trinajstić information content (AvgIpc) is 2.55. The van der Waals surface area contributed by atoms with E-state index >= 15 is 0 Å². The maximum Gasteiger partial charge on any atom is 0.0641 e. The van der Waals surface area contributed by atoms with Crippen LogP contribution in [-0.4, -0.2) is 4.98 Å². The number of H-pyrrole nitrogens is 1. The molecule has 0 spiro atoms. The molecule has 2 rings (SSSR count). The van der Waals surface area contributed by atoms with Crippen molar-refractivity contribution in [3.8, 4) is 0 Å². The van der Waals surface area contributed by atoms with Crippen LogP contribution < -0.4 is 0 Å². The van der Waals surface area contributed by atoms with Gasteiger partial charge in [0.25, 0.3) is 0 Å². The van der Waals surface area contributed by atoms with Crippen LogP contribution in [0.1, 0.15) is 12.6 Å². The van der Waals surface area contributed by atoms with E-state index in [0.29, 0.717) is 0 Å². The standard InChI is InChI=1S/C10H9BrClN/c1-2-6-5-7-9(13-6)4-3-8(11)10(7)12/h3-5,13H,2H2,1H3. The summed E-state index contributed by atoms with van der Waals surface area (Å²) in [5.74, 6) is 0. The molecule has 0 aliphatic rings. The Morgan fingerprint density at radius 2 is 2.23 bits per heavy atom. The van der Waals surface area contributed by atoms with Gasteiger partial charge < -0.3 is 4.98 Å². The van der Waals surface area contributed by atoms with Gasteiger partial charge in [0, 0.05) is 21.1 Å². The third-order valence-corrected chi connectivity index (χ3v) is 3.42. The number of halogens is 2. The van der Waals surface area contributed by atoms with Gasteiger partial charge in [-0.05, 0) is 40.5 Å². The lowest BCUT2D eigenvalue weighted by atomic mass is 10.2. The summed E-state index contributed by atoms with van der Waals surface area (Å²) < 4.78 is 0.948. The monoisotopic (exact) mass is 257 g/mol. The van der Waals surface area contributed by atoms with E-state index in [0.717, 1.165) is 26.8 Å². The molecule has 0 fully saturated rings. The van der Waals surface area contributed by atoms with Crippen molar-refractivity contribution in [3.05, 3.63) is 33.4 Å². The minimum atomic E-state index is 0.786. The van der Waals surface area contributed by atoms with Crippen molar-refractivity contribution in [2.45, 2.75) is 13.3 Å². The zero-order chi connectivity index (χ0) is 9.42. The molecule has 0 saturated heterocycles. The summed E-state index contributed by atoms with van der Waals surface area (Å²) in [6, 6.07) is 6.09. The Hall–Kier alpha value is -0.470. The number of aromatic amines is 1. The highest BCUT2D eigenvalue weighted by atomic mass is 79.9. The molecule has 1 N–H and O–H groups in total. The average molecular weight is 259 g/mol. The zero-order valence-electron chi connectivity index (χ0n) is 7.20. The van der Waals surface area contributed by atoms with Gasteiger partial charge in [0.15, 0.2) is 0 Å². The van der Waals surface area contributed by atoms with E-state index < -0.39 is 0 Å². The molecule has 3 heteroatoms. The third-order valence-electron chi connectivity index (χ3n) is 2.13. The summed E-state index contributed by atoms with van der Waals surface area (Å²) in [4.78, 5) is 3.31. The van der Waals surface area contributed by atoms with Crippen LogP contribution >= 0.6 is 27.5 Å². The Morgan fingerprint density at radius 1 is 1.46 bits per heavy atom. The lowest BCUT2D eigenvalue weighted by Gasteiger charge is -1.95. The maximum atomic E-state index is 6.13. The molecule has 0 atom stereocenters. The van der Waals surface area contributed by atoms with Crippen molar-refractivity contribution in [1.29, 1.82) is 0 Å². The second-order valence-corrected chi connectivity index (χ2v) is 4.20. The van der Waals surface area contributed by atoms with E-state index in [9.17, 15) is 0 Å². The molecular formula is C10H9BrClN. The Morgan fingerprint density at radius 3 is 2.92 bits per heavy atom. The highest BCUT2D eigenvalue weighted by Crippen LogP contribution is 2.31. The van der Waals surface area contributed by atoms with Crippen LogP contribution in [0.4, 0.5) is 0 Å². The number of hydrogen-bond donors (Lipinski definition) is 1. The number of aromatic nitrogens is 1. The molecular weight excluding hydrogens is 249 g/mol. The van der Waals surface area contributed by atoms with E-state index in [-0.39, 0.29) is 0 Å². The molecule has 13 heavy (non-hydrogen) atoms. The fourth-order valence-electron chi connectivity index (χ4n) is 1.39. The summed E-state index contributed by atoms with van der Waals surface area (Å²) in [7, 11) is 0. The predicted octanol–water partition coefficient (Wildman–Crippen LogP) is 4.15. The summed E-state index contributed by atoms with van der Waals surface area (Å²) in [5, 5.41) is 1.88. The van der Waals surface area contributed by atoms with Gasteiger partial charge in [0.1, 0.15) is 0 Å². The highest BCUT2D eigenvalue weighted by Gasteiger charge is 2.05.